The van der Waals surface area contributed by atoms with Gasteiger partial charge in [0.2, 0.25) is 5.88 Å². The van der Waals surface area contributed by atoms with E-state index in [4.69, 9.17) is 9.72 Å². The van der Waals surface area contributed by atoms with E-state index >= 15 is 0 Å². The molecule has 4 aliphatic carbocycles. The molecule has 0 atom stereocenters. The molecule has 4 fully saturated rings. The number of fused-ring (bicyclic) bond motifs is 1. The normalized spacial score (nSPS) is 32.4. The number of rotatable bonds is 3. The molecule has 0 radical (unpaired) electrons. The first kappa shape index (κ1) is 15.2. The number of aromatic nitrogens is 3. The fraction of sp³-hybridized carbons (Fsp3) is 0.524. The largest absolute Gasteiger partial charge is 0.481 e. The van der Waals surface area contributed by atoms with Crippen LogP contribution in [0.4, 0.5) is 0 Å². The number of imidazole rings is 1. The summed E-state index contributed by atoms with van der Waals surface area (Å²) in [5, 5.41) is 2.19. The Morgan fingerprint density at radius 2 is 1.85 bits per heavy atom. The molecule has 3 heterocycles. The Kier molecular flexibility index (Phi) is 3.11. The summed E-state index contributed by atoms with van der Waals surface area (Å²) in [5.41, 5.74) is 4.01. The first-order valence-electron chi connectivity index (χ1n) is 9.70. The van der Waals surface area contributed by atoms with Gasteiger partial charge in [-0.3, -0.25) is 4.40 Å². The predicted molar refractivity (Wildman–Crippen MR) is 103 cm³/mol. The molecule has 3 aromatic heterocycles. The van der Waals surface area contributed by atoms with E-state index < -0.39 is 0 Å². The van der Waals surface area contributed by atoms with Crippen LogP contribution in [0.5, 0.6) is 5.88 Å². The van der Waals surface area contributed by atoms with Gasteiger partial charge < -0.3 is 4.74 Å². The molecule has 0 aromatic carbocycles. The zero-order valence-corrected chi connectivity index (χ0v) is 15.8. The summed E-state index contributed by atoms with van der Waals surface area (Å²) in [7, 11) is 1.65. The molecule has 5 heteroatoms. The number of methoxy groups -OCH3 is 1. The average Bonchev–Trinajstić information content (AvgIpc) is 3.22. The molecule has 0 saturated heterocycles. The molecule has 26 heavy (non-hydrogen) atoms. The Morgan fingerprint density at radius 3 is 2.46 bits per heavy atom. The molecule has 0 aliphatic heterocycles. The number of thiazole rings is 1. The van der Waals surface area contributed by atoms with Crippen molar-refractivity contribution in [1.29, 1.82) is 0 Å². The van der Waals surface area contributed by atoms with Gasteiger partial charge in [-0.15, -0.1) is 11.3 Å². The number of nitrogens with zero attached hydrogens (tertiary/aromatic N) is 3. The standard InChI is InChI=1S/C21H23N3OS/c1-25-19-3-2-16(10-22-19)17-12-26-20-23-18(11-24(17)20)21-7-13-4-14(8-21)6-15(5-13)9-21/h2-3,10-15H,4-9H2,1H3. The smallest absolute Gasteiger partial charge is 0.212 e. The summed E-state index contributed by atoms with van der Waals surface area (Å²) in [4.78, 5) is 10.6. The first-order chi connectivity index (χ1) is 12.7. The molecule has 0 spiro atoms. The lowest BCUT2D eigenvalue weighted by molar-refractivity contribution is -0.00696. The van der Waals surface area contributed by atoms with Gasteiger partial charge in [-0.1, -0.05) is 0 Å². The van der Waals surface area contributed by atoms with Crippen molar-refractivity contribution < 1.29 is 4.74 Å². The van der Waals surface area contributed by atoms with E-state index in [1.165, 1.54) is 49.9 Å². The van der Waals surface area contributed by atoms with Crippen LogP contribution in [0.2, 0.25) is 0 Å². The van der Waals surface area contributed by atoms with Gasteiger partial charge in [-0.05, 0) is 62.3 Å². The molecule has 134 valence electrons. The highest BCUT2D eigenvalue weighted by molar-refractivity contribution is 7.15. The van der Waals surface area contributed by atoms with Crippen LogP contribution >= 0.6 is 11.3 Å². The number of ether oxygens (including phenoxy) is 1. The molecule has 0 amide bonds. The molecule has 0 N–H and O–H groups in total. The summed E-state index contributed by atoms with van der Waals surface area (Å²) in [6, 6.07) is 4.01. The summed E-state index contributed by atoms with van der Waals surface area (Å²) >= 11 is 1.74. The maximum absolute atomic E-state index is 5.19. The van der Waals surface area contributed by atoms with Gasteiger partial charge in [0, 0.05) is 34.8 Å². The topological polar surface area (TPSA) is 39.4 Å². The quantitative estimate of drug-likeness (QED) is 0.660. The van der Waals surface area contributed by atoms with E-state index in [2.05, 4.69) is 27.0 Å². The first-order valence-corrected chi connectivity index (χ1v) is 10.6. The SMILES string of the molecule is COc1ccc(-c2csc3nc(C45CC6CC(CC(C6)C4)C5)cn23)cn1. The van der Waals surface area contributed by atoms with Gasteiger partial charge in [0.05, 0.1) is 18.5 Å². The second-order valence-electron chi connectivity index (χ2n) is 8.69. The number of hydrogen-bond acceptors (Lipinski definition) is 4. The second kappa shape index (κ2) is 5.32. The highest BCUT2D eigenvalue weighted by atomic mass is 32.1. The highest BCUT2D eigenvalue weighted by Crippen LogP contribution is 2.60. The number of pyridine rings is 1. The fourth-order valence-electron chi connectivity index (χ4n) is 6.32. The molecule has 4 bridgehead atoms. The third-order valence-electron chi connectivity index (χ3n) is 7.03. The van der Waals surface area contributed by atoms with Crippen LogP contribution in [0.15, 0.2) is 29.9 Å². The fourth-order valence-corrected chi connectivity index (χ4v) is 7.21. The lowest BCUT2D eigenvalue weighted by atomic mass is 9.49. The maximum Gasteiger partial charge on any atom is 0.212 e. The molecule has 3 aromatic rings. The Morgan fingerprint density at radius 1 is 1.12 bits per heavy atom. The van der Waals surface area contributed by atoms with E-state index in [0.29, 0.717) is 11.3 Å². The zero-order valence-electron chi connectivity index (χ0n) is 15.0. The molecule has 0 unspecified atom stereocenters. The van der Waals surface area contributed by atoms with Crippen molar-refractivity contribution in [2.45, 2.75) is 43.9 Å². The van der Waals surface area contributed by atoms with Gasteiger partial charge in [-0.2, -0.15) is 0 Å². The van der Waals surface area contributed by atoms with E-state index in [0.717, 1.165) is 28.3 Å². The Bertz CT molecular complexity index is 936. The Hall–Kier alpha value is -1.88. The van der Waals surface area contributed by atoms with Crippen molar-refractivity contribution in [2.24, 2.45) is 17.8 Å². The molecule has 4 nitrogen and oxygen atoms in total. The van der Waals surface area contributed by atoms with Gasteiger partial charge in [-0.25, -0.2) is 9.97 Å². The van der Waals surface area contributed by atoms with Gasteiger partial charge in [0.25, 0.3) is 0 Å². The summed E-state index contributed by atoms with van der Waals surface area (Å²) < 4.78 is 7.47. The van der Waals surface area contributed by atoms with Gasteiger partial charge in [0.15, 0.2) is 4.96 Å². The van der Waals surface area contributed by atoms with Crippen molar-refractivity contribution >= 4 is 16.3 Å². The predicted octanol–water partition coefficient (Wildman–Crippen LogP) is 4.93. The highest BCUT2D eigenvalue weighted by Gasteiger charge is 2.52. The van der Waals surface area contributed by atoms with Crippen LogP contribution in [-0.2, 0) is 5.41 Å². The minimum Gasteiger partial charge on any atom is -0.481 e. The summed E-state index contributed by atoms with van der Waals surface area (Å²) in [6.07, 6.45) is 12.7. The molecular weight excluding hydrogens is 342 g/mol. The van der Waals surface area contributed by atoms with E-state index in [-0.39, 0.29) is 0 Å². The molecule has 7 rings (SSSR count). The summed E-state index contributed by atoms with van der Waals surface area (Å²) in [5.74, 6) is 3.50. The minimum atomic E-state index is 0.357. The molecular formula is C21H23N3OS. The van der Waals surface area contributed by atoms with Gasteiger partial charge >= 0.3 is 0 Å². The van der Waals surface area contributed by atoms with Crippen LogP contribution in [-0.4, -0.2) is 21.5 Å². The van der Waals surface area contributed by atoms with Crippen LogP contribution < -0.4 is 4.74 Å². The van der Waals surface area contributed by atoms with Crippen LogP contribution in [0.1, 0.15) is 44.2 Å². The lowest BCUT2D eigenvalue weighted by Gasteiger charge is -2.56. The lowest BCUT2D eigenvalue weighted by Crippen LogP contribution is -2.48. The molecule has 4 saturated carbocycles. The van der Waals surface area contributed by atoms with E-state index in [1.807, 2.05) is 12.3 Å². The molecule has 4 aliphatic rings. The van der Waals surface area contributed by atoms with Crippen LogP contribution in [0.3, 0.4) is 0 Å². The minimum absolute atomic E-state index is 0.357. The third-order valence-corrected chi connectivity index (χ3v) is 7.87. The average molecular weight is 366 g/mol. The monoisotopic (exact) mass is 365 g/mol. The van der Waals surface area contributed by atoms with Crippen molar-refractivity contribution in [1.82, 2.24) is 14.4 Å². The van der Waals surface area contributed by atoms with Crippen molar-refractivity contribution in [3.8, 4) is 17.1 Å². The Balaban J connectivity index is 1.42. The van der Waals surface area contributed by atoms with Crippen LogP contribution in [0, 0.1) is 17.8 Å². The Labute approximate surface area is 157 Å². The van der Waals surface area contributed by atoms with Crippen molar-refractivity contribution in [2.75, 3.05) is 7.11 Å². The maximum atomic E-state index is 5.19. The van der Waals surface area contributed by atoms with E-state index in [1.54, 1.807) is 18.4 Å². The van der Waals surface area contributed by atoms with Crippen molar-refractivity contribution in [3.63, 3.8) is 0 Å². The second-order valence-corrected chi connectivity index (χ2v) is 9.52. The summed E-state index contributed by atoms with van der Waals surface area (Å²) in [6.45, 7) is 0. The van der Waals surface area contributed by atoms with E-state index in [9.17, 15) is 0 Å². The van der Waals surface area contributed by atoms with Crippen molar-refractivity contribution in [3.05, 3.63) is 35.6 Å². The third kappa shape index (κ3) is 2.13. The van der Waals surface area contributed by atoms with Gasteiger partial charge in [0.1, 0.15) is 0 Å². The zero-order chi connectivity index (χ0) is 17.3. The van der Waals surface area contributed by atoms with Crippen LogP contribution in [0.25, 0.3) is 16.2 Å². The number of hydrogen-bond donors (Lipinski definition) is 0.